The fraction of sp³-hybridized carbons (Fsp3) is 0.174. The van der Waals surface area contributed by atoms with Crippen molar-refractivity contribution in [3.63, 3.8) is 0 Å². The number of ether oxygens (including phenoxy) is 1. The van der Waals surface area contributed by atoms with Gasteiger partial charge in [-0.3, -0.25) is 4.79 Å². The van der Waals surface area contributed by atoms with E-state index in [0.717, 1.165) is 24.3 Å². The zero-order chi connectivity index (χ0) is 20.7. The van der Waals surface area contributed by atoms with Crippen molar-refractivity contribution in [1.82, 2.24) is 14.9 Å². The van der Waals surface area contributed by atoms with E-state index in [0.29, 0.717) is 6.54 Å². The summed E-state index contributed by atoms with van der Waals surface area (Å²) in [5, 5.41) is 11.9. The number of methoxy groups -OCH3 is 1. The lowest BCUT2D eigenvalue weighted by atomic mass is 10.1. The third-order valence-electron chi connectivity index (χ3n) is 3.90. The van der Waals surface area contributed by atoms with E-state index in [2.05, 4.69) is 10.3 Å². The fourth-order valence-corrected chi connectivity index (χ4v) is 2.38. The maximum atomic E-state index is 12.0. The third-order valence-corrected chi connectivity index (χ3v) is 3.90. The van der Waals surface area contributed by atoms with Crippen molar-refractivity contribution in [3.05, 3.63) is 90.5 Å². The first-order valence-electron chi connectivity index (χ1n) is 9.22. The molecule has 0 unspecified atom stereocenters. The van der Waals surface area contributed by atoms with Gasteiger partial charge in [-0.1, -0.05) is 48.5 Å². The molecule has 0 radical (unpaired) electrons. The number of hydrogen-bond donors (Lipinski definition) is 1. The maximum absolute atomic E-state index is 12.0. The van der Waals surface area contributed by atoms with Crippen LogP contribution in [-0.4, -0.2) is 29.1 Å². The number of amides is 1. The molecule has 0 aliphatic rings. The highest BCUT2D eigenvalue weighted by Crippen LogP contribution is 2.13. The van der Waals surface area contributed by atoms with Crippen molar-refractivity contribution < 1.29 is 9.53 Å². The molecule has 0 saturated heterocycles. The Morgan fingerprint density at radius 3 is 2.34 bits per heavy atom. The molecular weight excluding hydrogens is 364 g/mol. The number of carbonyl (C=O) groups excluding carboxylic acids is 1. The molecule has 0 saturated carbocycles. The molecule has 0 spiro atoms. The number of aromatic nitrogens is 2. The van der Waals surface area contributed by atoms with Gasteiger partial charge in [-0.2, -0.15) is 5.26 Å². The quantitative estimate of drug-likeness (QED) is 0.380. The van der Waals surface area contributed by atoms with Crippen LogP contribution >= 0.6 is 0 Å². The molecule has 0 bridgehead atoms. The summed E-state index contributed by atoms with van der Waals surface area (Å²) in [6, 6.07) is 21.1. The number of imidazole rings is 1. The topological polar surface area (TPSA) is 79.9 Å². The van der Waals surface area contributed by atoms with Crippen molar-refractivity contribution >= 4 is 12.0 Å². The summed E-state index contributed by atoms with van der Waals surface area (Å²) in [7, 11) is 1.59. The SMILES string of the molecule is COc1ccc(C=C(C#N)C(=O)NCCCn2ccnc2)cc1.c1ccccc1. The lowest BCUT2D eigenvalue weighted by Gasteiger charge is -2.05. The molecule has 1 amide bonds. The monoisotopic (exact) mass is 388 g/mol. The van der Waals surface area contributed by atoms with Crippen LogP contribution in [0, 0.1) is 11.3 Å². The second-order valence-electron chi connectivity index (χ2n) is 6.01. The summed E-state index contributed by atoms with van der Waals surface area (Å²) in [5.74, 6) is 0.360. The van der Waals surface area contributed by atoms with E-state index in [1.54, 1.807) is 50.0 Å². The van der Waals surface area contributed by atoms with Gasteiger partial charge in [0.15, 0.2) is 0 Å². The molecule has 6 nitrogen and oxygen atoms in total. The maximum Gasteiger partial charge on any atom is 0.261 e. The Morgan fingerprint density at radius 1 is 1.17 bits per heavy atom. The Kier molecular flexibility index (Phi) is 9.26. The van der Waals surface area contributed by atoms with Gasteiger partial charge >= 0.3 is 0 Å². The van der Waals surface area contributed by atoms with E-state index < -0.39 is 0 Å². The number of hydrogen-bond acceptors (Lipinski definition) is 4. The summed E-state index contributed by atoms with van der Waals surface area (Å²) in [4.78, 5) is 16.0. The first kappa shape index (κ1) is 21.5. The van der Waals surface area contributed by atoms with Crippen LogP contribution in [0.3, 0.4) is 0 Å². The van der Waals surface area contributed by atoms with E-state index in [1.807, 2.05) is 53.2 Å². The first-order valence-corrected chi connectivity index (χ1v) is 9.22. The minimum Gasteiger partial charge on any atom is -0.497 e. The Labute approximate surface area is 171 Å². The fourth-order valence-electron chi connectivity index (χ4n) is 2.38. The smallest absolute Gasteiger partial charge is 0.261 e. The van der Waals surface area contributed by atoms with Crippen LogP contribution in [0.5, 0.6) is 5.75 Å². The first-order chi connectivity index (χ1) is 14.2. The second kappa shape index (κ2) is 12.5. The van der Waals surface area contributed by atoms with Gasteiger partial charge in [0.2, 0.25) is 0 Å². The molecule has 3 rings (SSSR count). The van der Waals surface area contributed by atoms with Gasteiger partial charge in [-0.15, -0.1) is 0 Å². The van der Waals surface area contributed by atoms with Crippen LogP contribution in [0.4, 0.5) is 0 Å². The normalized spacial score (nSPS) is 10.3. The summed E-state index contributed by atoms with van der Waals surface area (Å²) in [6.07, 6.45) is 7.64. The Bertz CT molecular complexity index is 885. The molecule has 148 valence electrons. The van der Waals surface area contributed by atoms with Gasteiger partial charge in [-0.05, 0) is 30.2 Å². The van der Waals surface area contributed by atoms with Crippen LogP contribution in [0.2, 0.25) is 0 Å². The number of nitrogens with zero attached hydrogens (tertiary/aromatic N) is 3. The van der Waals surface area contributed by atoms with Crippen molar-refractivity contribution in [3.8, 4) is 11.8 Å². The van der Waals surface area contributed by atoms with Gasteiger partial charge in [0.1, 0.15) is 17.4 Å². The number of rotatable bonds is 7. The standard InChI is InChI=1S/C17H18N4O2.C6H6/c1-23-16-5-3-14(4-6-16)11-15(12-18)17(22)20-7-2-9-21-10-8-19-13-21;1-2-4-6-5-3-1/h3-6,8,10-11,13H,2,7,9H2,1H3,(H,20,22);1-6H. The van der Waals surface area contributed by atoms with Crippen molar-refractivity contribution in [1.29, 1.82) is 5.26 Å². The molecule has 6 heteroatoms. The van der Waals surface area contributed by atoms with Crippen LogP contribution in [-0.2, 0) is 11.3 Å². The van der Waals surface area contributed by atoms with Crippen LogP contribution in [0.25, 0.3) is 6.08 Å². The van der Waals surface area contributed by atoms with E-state index >= 15 is 0 Å². The third kappa shape index (κ3) is 8.14. The summed E-state index contributed by atoms with van der Waals surface area (Å²) in [5.41, 5.74) is 0.855. The van der Waals surface area contributed by atoms with E-state index in [1.165, 1.54) is 0 Å². The number of nitriles is 1. The molecule has 0 fully saturated rings. The Morgan fingerprint density at radius 2 is 1.83 bits per heavy atom. The van der Waals surface area contributed by atoms with Gasteiger partial charge < -0.3 is 14.6 Å². The van der Waals surface area contributed by atoms with Crippen molar-refractivity contribution in [2.24, 2.45) is 0 Å². The second-order valence-corrected chi connectivity index (χ2v) is 6.01. The van der Waals surface area contributed by atoms with Crippen LogP contribution in [0.15, 0.2) is 85.0 Å². The van der Waals surface area contributed by atoms with E-state index in [9.17, 15) is 4.79 Å². The molecule has 1 N–H and O–H groups in total. The average Bonchev–Trinajstić information content (AvgIpc) is 3.30. The molecule has 1 aromatic heterocycles. The summed E-state index contributed by atoms with van der Waals surface area (Å²) < 4.78 is 7.01. The molecular formula is C23H24N4O2. The highest BCUT2D eigenvalue weighted by atomic mass is 16.5. The average molecular weight is 388 g/mol. The molecule has 0 atom stereocenters. The molecule has 3 aromatic rings. The van der Waals surface area contributed by atoms with Gasteiger partial charge in [-0.25, -0.2) is 4.98 Å². The predicted octanol–water partition coefficient (Wildman–Crippen LogP) is 3.69. The molecule has 0 aliphatic heterocycles. The largest absolute Gasteiger partial charge is 0.497 e. The highest BCUT2D eigenvalue weighted by molar-refractivity contribution is 6.01. The van der Waals surface area contributed by atoms with Crippen LogP contribution in [0.1, 0.15) is 12.0 Å². The van der Waals surface area contributed by atoms with E-state index in [4.69, 9.17) is 10.00 Å². The highest BCUT2D eigenvalue weighted by Gasteiger charge is 2.08. The lowest BCUT2D eigenvalue weighted by molar-refractivity contribution is -0.117. The minimum absolute atomic E-state index is 0.0813. The molecule has 2 aromatic carbocycles. The molecule has 0 aliphatic carbocycles. The zero-order valence-corrected chi connectivity index (χ0v) is 16.4. The van der Waals surface area contributed by atoms with Crippen molar-refractivity contribution in [2.75, 3.05) is 13.7 Å². The lowest BCUT2D eigenvalue weighted by Crippen LogP contribution is -2.26. The molecule has 29 heavy (non-hydrogen) atoms. The summed E-state index contributed by atoms with van der Waals surface area (Å²) in [6.45, 7) is 1.27. The molecule has 1 heterocycles. The number of aryl methyl sites for hydroxylation is 1. The van der Waals surface area contributed by atoms with Crippen LogP contribution < -0.4 is 10.1 Å². The number of nitrogens with one attached hydrogen (secondary N) is 1. The number of benzene rings is 2. The van der Waals surface area contributed by atoms with Gasteiger partial charge in [0.25, 0.3) is 5.91 Å². The number of carbonyl (C=O) groups is 1. The van der Waals surface area contributed by atoms with E-state index in [-0.39, 0.29) is 11.5 Å². The van der Waals surface area contributed by atoms with Crippen molar-refractivity contribution in [2.45, 2.75) is 13.0 Å². The predicted molar refractivity (Wildman–Crippen MR) is 113 cm³/mol. The zero-order valence-electron chi connectivity index (χ0n) is 16.4. The van der Waals surface area contributed by atoms with Gasteiger partial charge in [0, 0.05) is 25.5 Å². The Balaban J connectivity index is 0.000000426. The van der Waals surface area contributed by atoms with Gasteiger partial charge in [0.05, 0.1) is 13.4 Å². The Hall–Kier alpha value is -3.85. The summed E-state index contributed by atoms with van der Waals surface area (Å²) >= 11 is 0. The minimum atomic E-state index is -0.367.